The molecule has 130 valence electrons. The van der Waals surface area contributed by atoms with Gasteiger partial charge in [-0.05, 0) is 52.9 Å². The first kappa shape index (κ1) is 17.4. The van der Waals surface area contributed by atoms with Crippen molar-refractivity contribution < 1.29 is 19.8 Å². The highest BCUT2D eigenvalue weighted by Crippen LogP contribution is 2.27. The maximum Gasteiger partial charge on any atom is 0.335 e. The molecule has 2 N–H and O–H groups in total. The molecular weight excluding hydrogens is 328 g/mol. The minimum atomic E-state index is -1.11. The second-order valence-electron chi connectivity index (χ2n) is 6.06. The summed E-state index contributed by atoms with van der Waals surface area (Å²) in [7, 11) is 0. The molecule has 0 saturated heterocycles. The molecule has 0 amide bonds. The van der Waals surface area contributed by atoms with Crippen LogP contribution in [0.5, 0.6) is 0 Å². The number of carboxylic acid groups (broad SMARTS) is 2. The minimum absolute atomic E-state index is 0.0277. The van der Waals surface area contributed by atoms with E-state index in [1.807, 2.05) is 0 Å². The van der Waals surface area contributed by atoms with Gasteiger partial charge in [-0.3, -0.25) is 0 Å². The first-order valence-electron chi connectivity index (χ1n) is 8.22. The summed E-state index contributed by atoms with van der Waals surface area (Å²) in [6.07, 6.45) is 5.53. The van der Waals surface area contributed by atoms with Gasteiger partial charge in [0.15, 0.2) is 0 Å². The molecule has 26 heavy (non-hydrogen) atoms. The van der Waals surface area contributed by atoms with Crippen LogP contribution in [-0.4, -0.2) is 22.2 Å². The highest BCUT2D eigenvalue weighted by atomic mass is 16.4. The van der Waals surface area contributed by atoms with Gasteiger partial charge in [0.2, 0.25) is 0 Å². The average Bonchev–Trinajstić information content (AvgIpc) is 2.63. The molecule has 0 saturated carbocycles. The van der Waals surface area contributed by atoms with Gasteiger partial charge in [-0.15, -0.1) is 0 Å². The molecule has 4 heteroatoms. The number of rotatable bonds is 2. The second kappa shape index (κ2) is 7.23. The van der Waals surface area contributed by atoms with Gasteiger partial charge in [0.05, 0.1) is 11.1 Å². The smallest absolute Gasteiger partial charge is 0.335 e. The molecule has 0 atom stereocenters. The summed E-state index contributed by atoms with van der Waals surface area (Å²) < 4.78 is 0. The Bertz CT molecular complexity index is 994. The van der Waals surface area contributed by atoms with E-state index in [0.29, 0.717) is 0 Å². The molecule has 0 radical (unpaired) electrons. The zero-order valence-electron chi connectivity index (χ0n) is 14.3. The van der Waals surface area contributed by atoms with E-state index in [9.17, 15) is 9.59 Å². The molecule has 0 aromatic heterocycles. The number of hydrogen-bond acceptors (Lipinski definition) is 2. The number of allylic oxidation sites excluding steroid dienone is 1. The van der Waals surface area contributed by atoms with E-state index < -0.39 is 11.9 Å². The SMILES string of the molecule is C1=Cc2cccc3cccc(c23)C1.Cc1c(C(=O)O)cccc1C(=O)O. The molecule has 0 unspecified atom stereocenters. The summed E-state index contributed by atoms with van der Waals surface area (Å²) >= 11 is 0. The topological polar surface area (TPSA) is 74.6 Å². The van der Waals surface area contributed by atoms with Crippen molar-refractivity contribution in [2.75, 3.05) is 0 Å². The van der Waals surface area contributed by atoms with Gasteiger partial charge in [-0.2, -0.15) is 0 Å². The highest BCUT2D eigenvalue weighted by molar-refractivity contribution is 5.96. The fraction of sp³-hybridized carbons (Fsp3) is 0.0909. The summed E-state index contributed by atoms with van der Waals surface area (Å²) in [5, 5.41) is 20.2. The first-order valence-corrected chi connectivity index (χ1v) is 8.22. The molecule has 4 rings (SSSR count). The van der Waals surface area contributed by atoms with Crippen LogP contribution in [0.25, 0.3) is 16.8 Å². The van der Waals surface area contributed by atoms with Crippen LogP contribution >= 0.6 is 0 Å². The minimum Gasteiger partial charge on any atom is -0.478 e. The average molecular weight is 346 g/mol. The fourth-order valence-electron chi connectivity index (χ4n) is 3.17. The predicted molar refractivity (Wildman–Crippen MR) is 102 cm³/mol. The van der Waals surface area contributed by atoms with E-state index in [0.717, 1.165) is 6.42 Å². The number of carboxylic acids is 2. The molecule has 1 aliphatic rings. The van der Waals surface area contributed by atoms with Crippen molar-refractivity contribution in [2.45, 2.75) is 13.3 Å². The van der Waals surface area contributed by atoms with E-state index in [1.54, 1.807) is 0 Å². The Balaban J connectivity index is 0.000000151. The lowest BCUT2D eigenvalue weighted by Crippen LogP contribution is -2.06. The zero-order valence-corrected chi connectivity index (χ0v) is 14.3. The van der Waals surface area contributed by atoms with E-state index in [-0.39, 0.29) is 16.7 Å². The van der Waals surface area contributed by atoms with Crippen LogP contribution in [0.15, 0.2) is 60.7 Å². The fourth-order valence-corrected chi connectivity index (χ4v) is 3.17. The Morgan fingerprint density at radius 2 is 1.42 bits per heavy atom. The predicted octanol–water partition coefficient (Wildman–Crippen LogP) is 4.80. The van der Waals surface area contributed by atoms with Crippen LogP contribution in [0, 0.1) is 6.92 Å². The number of carbonyl (C=O) groups is 2. The van der Waals surface area contributed by atoms with Crippen LogP contribution in [-0.2, 0) is 6.42 Å². The molecule has 0 aliphatic heterocycles. The Labute approximate surface area is 151 Å². The molecule has 1 aliphatic carbocycles. The van der Waals surface area contributed by atoms with Gasteiger partial charge in [0.25, 0.3) is 0 Å². The van der Waals surface area contributed by atoms with Crippen LogP contribution in [0.4, 0.5) is 0 Å². The maximum absolute atomic E-state index is 10.6. The van der Waals surface area contributed by atoms with Crippen LogP contribution in [0.1, 0.15) is 37.4 Å². The Morgan fingerprint density at radius 1 is 0.846 bits per heavy atom. The molecule has 3 aromatic rings. The summed E-state index contributed by atoms with van der Waals surface area (Å²) in [6, 6.07) is 17.2. The van der Waals surface area contributed by atoms with Gasteiger partial charge >= 0.3 is 11.9 Å². The molecular formula is C22H18O4. The summed E-state index contributed by atoms with van der Waals surface area (Å²) in [5.41, 5.74) is 3.15. The summed E-state index contributed by atoms with van der Waals surface area (Å²) in [6.45, 7) is 1.48. The van der Waals surface area contributed by atoms with E-state index >= 15 is 0 Å². The Hall–Kier alpha value is -3.40. The first-order chi connectivity index (χ1) is 12.5. The molecule has 3 aromatic carbocycles. The van der Waals surface area contributed by atoms with E-state index in [4.69, 9.17) is 10.2 Å². The molecule has 0 bridgehead atoms. The quantitative estimate of drug-likeness (QED) is 0.699. The standard InChI is InChI=1S/C13H10.C9H8O4/c1-4-10-6-2-8-12-9-3-7-11(5-1)13(10)12;1-5-6(8(10)11)3-2-4-7(5)9(12)13/h1-8H,9H2;2-4H,1H3,(H,10,11)(H,12,13). The van der Waals surface area contributed by atoms with Gasteiger partial charge in [-0.25, -0.2) is 9.59 Å². The normalized spacial score (nSPS) is 11.6. The summed E-state index contributed by atoms with van der Waals surface area (Å²) in [5.74, 6) is -2.22. The molecule has 0 spiro atoms. The van der Waals surface area contributed by atoms with Crippen LogP contribution in [0.3, 0.4) is 0 Å². The lowest BCUT2D eigenvalue weighted by Gasteiger charge is -2.11. The van der Waals surface area contributed by atoms with Crippen LogP contribution in [0.2, 0.25) is 0 Å². The third-order valence-corrected chi connectivity index (χ3v) is 4.45. The van der Waals surface area contributed by atoms with Crippen molar-refractivity contribution in [1.29, 1.82) is 0 Å². The number of aromatic carboxylic acids is 2. The maximum atomic E-state index is 10.6. The van der Waals surface area contributed by atoms with Gasteiger partial charge < -0.3 is 10.2 Å². The second-order valence-corrected chi connectivity index (χ2v) is 6.06. The van der Waals surface area contributed by atoms with Crippen molar-refractivity contribution in [3.8, 4) is 0 Å². The Morgan fingerprint density at radius 3 is 2.04 bits per heavy atom. The van der Waals surface area contributed by atoms with Crippen molar-refractivity contribution in [1.82, 2.24) is 0 Å². The van der Waals surface area contributed by atoms with E-state index in [2.05, 4.69) is 48.6 Å². The van der Waals surface area contributed by atoms with Gasteiger partial charge in [0, 0.05) is 0 Å². The van der Waals surface area contributed by atoms with Gasteiger partial charge in [0.1, 0.15) is 0 Å². The molecule has 4 nitrogen and oxygen atoms in total. The largest absolute Gasteiger partial charge is 0.478 e. The summed E-state index contributed by atoms with van der Waals surface area (Å²) in [4.78, 5) is 21.2. The molecule has 0 heterocycles. The number of hydrogen-bond donors (Lipinski definition) is 2. The Kier molecular flexibility index (Phi) is 4.85. The van der Waals surface area contributed by atoms with Gasteiger partial charge in [-0.1, -0.05) is 54.6 Å². The van der Waals surface area contributed by atoms with Crippen molar-refractivity contribution in [3.63, 3.8) is 0 Å². The monoisotopic (exact) mass is 346 g/mol. The van der Waals surface area contributed by atoms with Crippen LogP contribution < -0.4 is 0 Å². The van der Waals surface area contributed by atoms with Crippen molar-refractivity contribution in [2.24, 2.45) is 0 Å². The highest BCUT2D eigenvalue weighted by Gasteiger charge is 2.13. The van der Waals surface area contributed by atoms with E-state index in [1.165, 1.54) is 47.0 Å². The van der Waals surface area contributed by atoms with Crippen molar-refractivity contribution >= 4 is 28.8 Å². The van der Waals surface area contributed by atoms with Crippen molar-refractivity contribution in [3.05, 3.63) is 88.5 Å². The number of benzene rings is 3. The zero-order chi connectivity index (χ0) is 18.7. The lowest BCUT2D eigenvalue weighted by molar-refractivity contribution is 0.0696. The lowest BCUT2D eigenvalue weighted by atomic mass is 9.93. The third-order valence-electron chi connectivity index (χ3n) is 4.45. The third kappa shape index (κ3) is 3.35. The molecule has 0 fully saturated rings.